The van der Waals surface area contributed by atoms with Gasteiger partial charge in [-0.1, -0.05) is 12.8 Å². The van der Waals surface area contributed by atoms with E-state index in [2.05, 4.69) is 15.5 Å². The van der Waals surface area contributed by atoms with Crippen molar-refractivity contribution in [1.29, 1.82) is 0 Å². The molecule has 1 saturated carbocycles. The molecule has 5 fully saturated rings. The number of nitrogens with one attached hydrogen (secondary N) is 2. The molecule has 0 aromatic carbocycles. The standard InChI is InChI=1S/C20H35N3/c1-3-9-21-18(8-1)20-13-16(12-15-6-5-10-22-19(15)20)17-7-2-4-11-23(17)14-20/h15-19,21-22H,1-14H2/t15-,16+,17-,18-,19-,20+/m0/s1. The molecule has 5 rings (SSSR count). The molecule has 4 aliphatic heterocycles. The van der Waals surface area contributed by atoms with Crippen LogP contribution in [0.1, 0.15) is 64.2 Å². The molecule has 130 valence electrons. The third kappa shape index (κ3) is 2.41. The second-order valence-corrected chi connectivity index (χ2v) is 9.30. The lowest BCUT2D eigenvalue weighted by Gasteiger charge is -2.64. The molecule has 4 saturated heterocycles. The molecule has 6 atom stereocenters. The second-order valence-electron chi connectivity index (χ2n) is 9.30. The van der Waals surface area contributed by atoms with Crippen LogP contribution in [0.15, 0.2) is 0 Å². The number of rotatable bonds is 1. The van der Waals surface area contributed by atoms with Crippen LogP contribution in [0.3, 0.4) is 0 Å². The summed E-state index contributed by atoms with van der Waals surface area (Å²) in [6.45, 7) is 5.30. The Balaban J connectivity index is 1.50. The highest BCUT2D eigenvalue weighted by molar-refractivity contribution is 5.14. The van der Waals surface area contributed by atoms with Gasteiger partial charge in [0.15, 0.2) is 0 Å². The van der Waals surface area contributed by atoms with Gasteiger partial charge >= 0.3 is 0 Å². The largest absolute Gasteiger partial charge is 0.313 e. The lowest BCUT2D eigenvalue weighted by molar-refractivity contribution is -0.117. The molecule has 0 radical (unpaired) electrons. The highest BCUT2D eigenvalue weighted by Gasteiger charge is 2.58. The molecule has 3 nitrogen and oxygen atoms in total. The van der Waals surface area contributed by atoms with Crippen LogP contribution in [0, 0.1) is 17.3 Å². The molecule has 0 aromatic rings. The van der Waals surface area contributed by atoms with Crippen molar-refractivity contribution >= 4 is 0 Å². The summed E-state index contributed by atoms with van der Waals surface area (Å²) >= 11 is 0. The van der Waals surface area contributed by atoms with E-state index in [1.807, 2.05) is 0 Å². The first kappa shape index (κ1) is 15.2. The zero-order valence-electron chi connectivity index (χ0n) is 14.7. The van der Waals surface area contributed by atoms with Gasteiger partial charge in [-0.15, -0.1) is 0 Å². The maximum atomic E-state index is 4.04. The fourth-order valence-electron chi connectivity index (χ4n) is 7.36. The summed E-state index contributed by atoms with van der Waals surface area (Å²) in [6.07, 6.45) is 14.6. The van der Waals surface area contributed by atoms with Crippen LogP contribution in [0.4, 0.5) is 0 Å². The summed E-state index contributed by atoms with van der Waals surface area (Å²) in [5.41, 5.74) is 0.530. The second kappa shape index (κ2) is 6.00. The van der Waals surface area contributed by atoms with Crippen LogP contribution in [0.2, 0.25) is 0 Å². The Morgan fingerprint density at radius 2 is 1.74 bits per heavy atom. The molecule has 2 bridgehead atoms. The highest BCUT2D eigenvalue weighted by atomic mass is 15.2. The Bertz CT molecular complexity index is 431. The molecule has 3 heteroatoms. The van der Waals surface area contributed by atoms with Crippen LogP contribution in [-0.4, -0.2) is 49.2 Å². The number of hydrogen-bond donors (Lipinski definition) is 2. The average molecular weight is 318 g/mol. The Hall–Kier alpha value is -0.120. The van der Waals surface area contributed by atoms with E-state index in [4.69, 9.17) is 0 Å². The molecular weight excluding hydrogens is 282 g/mol. The lowest BCUT2D eigenvalue weighted by atomic mass is 9.52. The van der Waals surface area contributed by atoms with Crippen molar-refractivity contribution in [2.24, 2.45) is 17.3 Å². The van der Waals surface area contributed by atoms with E-state index < -0.39 is 0 Å². The summed E-state index contributed by atoms with van der Waals surface area (Å²) in [6, 6.07) is 2.51. The maximum Gasteiger partial charge on any atom is 0.0179 e. The van der Waals surface area contributed by atoms with Crippen LogP contribution in [-0.2, 0) is 0 Å². The predicted octanol–water partition coefficient (Wildman–Crippen LogP) is 2.76. The van der Waals surface area contributed by atoms with Crippen LogP contribution in [0.5, 0.6) is 0 Å². The number of fused-ring (bicyclic) bond motifs is 6. The van der Waals surface area contributed by atoms with Gasteiger partial charge in [0, 0.05) is 30.1 Å². The van der Waals surface area contributed by atoms with Gasteiger partial charge in [0.05, 0.1) is 0 Å². The molecule has 2 N–H and O–H groups in total. The fourth-order valence-corrected chi connectivity index (χ4v) is 7.36. The quantitative estimate of drug-likeness (QED) is 0.779. The highest BCUT2D eigenvalue weighted by Crippen LogP contribution is 2.55. The molecule has 0 spiro atoms. The van der Waals surface area contributed by atoms with E-state index in [-0.39, 0.29) is 0 Å². The monoisotopic (exact) mass is 317 g/mol. The Morgan fingerprint density at radius 3 is 2.65 bits per heavy atom. The molecule has 5 aliphatic rings. The maximum absolute atomic E-state index is 4.04. The molecule has 1 aliphatic carbocycles. The Morgan fingerprint density at radius 1 is 0.826 bits per heavy atom. The SMILES string of the molecule is C1CC[C@@H]([C@]23C[C@@H](C[C@@H]4CCCN[C@@H]42)[C@@H]2CCCCN2C3)NC1. The smallest absolute Gasteiger partial charge is 0.0179 e. The average Bonchev–Trinajstić information content (AvgIpc) is 2.63. The minimum absolute atomic E-state index is 0.530. The minimum Gasteiger partial charge on any atom is -0.313 e. The summed E-state index contributed by atoms with van der Waals surface area (Å²) in [5, 5.41) is 8.04. The van der Waals surface area contributed by atoms with Crippen molar-refractivity contribution in [3.8, 4) is 0 Å². The molecule has 0 amide bonds. The summed E-state index contributed by atoms with van der Waals surface area (Å²) in [7, 11) is 0. The third-order valence-corrected chi connectivity index (χ3v) is 8.16. The first-order valence-electron chi connectivity index (χ1n) is 10.6. The molecule has 23 heavy (non-hydrogen) atoms. The van der Waals surface area contributed by atoms with E-state index in [9.17, 15) is 0 Å². The first-order valence-corrected chi connectivity index (χ1v) is 10.6. The zero-order chi connectivity index (χ0) is 15.3. The van der Waals surface area contributed by atoms with Gasteiger partial charge in [0.25, 0.3) is 0 Å². The number of piperidine rings is 4. The normalized spacial score (nSPS) is 50.9. The van der Waals surface area contributed by atoms with E-state index in [0.717, 1.165) is 30.0 Å². The minimum atomic E-state index is 0.530. The van der Waals surface area contributed by atoms with Gasteiger partial charge in [-0.2, -0.15) is 0 Å². The Labute approximate surface area is 142 Å². The lowest BCUT2D eigenvalue weighted by Crippen LogP contribution is -2.72. The molecule has 4 heterocycles. The Kier molecular flexibility index (Phi) is 3.95. The summed E-state index contributed by atoms with van der Waals surface area (Å²) in [4.78, 5) is 2.94. The number of nitrogens with zero attached hydrogens (tertiary/aromatic N) is 1. The van der Waals surface area contributed by atoms with E-state index in [0.29, 0.717) is 5.41 Å². The van der Waals surface area contributed by atoms with Crippen LogP contribution >= 0.6 is 0 Å². The van der Waals surface area contributed by atoms with E-state index in [1.165, 1.54) is 90.4 Å². The number of hydrogen-bond acceptors (Lipinski definition) is 3. The topological polar surface area (TPSA) is 27.3 Å². The van der Waals surface area contributed by atoms with Crippen molar-refractivity contribution in [3.05, 3.63) is 0 Å². The molecular formula is C20H35N3. The van der Waals surface area contributed by atoms with Crippen LogP contribution in [0.25, 0.3) is 0 Å². The van der Waals surface area contributed by atoms with Crippen molar-refractivity contribution in [2.75, 3.05) is 26.2 Å². The van der Waals surface area contributed by atoms with E-state index >= 15 is 0 Å². The van der Waals surface area contributed by atoms with Crippen molar-refractivity contribution in [1.82, 2.24) is 15.5 Å². The molecule has 0 aromatic heterocycles. The van der Waals surface area contributed by atoms with Gasteiger partial charge in [-0.3, -0.25) is 4.90 Å². The van der Waals surface area contributed by atoms with Gasteiger partial charge in [0.1, 0.15) is 0 Å². The fraction of sp³-hybridized carbons (Fsp3) is 1.00. The van der Waals surface area contributed by atoms with Crippen LogP contribution < -0.4 is 10.6 Å². The van der Waals surface area contributed by atoms with Crippen molar-refractivity contribution in [2.45, 2.75) is 82.3 Å². The zero-order valence-corrected chi connectivity index (χ0v) is 14.7. The summed E-state index contributed by atoms with van der Waals surface area (Å²) < 4.78 is 0. The van der Waals surface area contributed by atoms with Gasteiger partial charge in [0.2, 0.25) is 0 Å². The van der Waals surface area contributed by atoms with Crippen molar-refractivity contribution in [3.63, 3.8) is 0 Å². The van der Waals surface area contributed by atoms with Gasteiger partial charge in [-0.25, -0.2) is 0 Å². The van der Waals surface area contributed by atoms with E-state index in [1.54, 1.807) is 0 Å². The molecule has 0 unspecified atom stereocenters. The summed E-state index contributed by atoms with van der Waals surface area (Å²) in [5.74, 6) is 1.96. The van der Waals surface area contributed by atoms with Gasteiger partial charge in [-0.05, 0) is 82.8 Å². The van der Waals surface area contributed by atoms with Crippen molar-refractivity contribution < 1.29 is 0 Å². The van der Waals surface area contributed by atoms with Gasteiger partial charge < -0.3 is 10.6 Å². The first-order chi connectivity index (χ1) is 11.4. The predicted molar refractivity (Wildman–Crippen MR) is 94.5 cm³/mol. The third-order valence-electron chi connectivity index (χ3n) is 8.16.